The summed E-state index contributed by atoms with van der Waals surface area (Å²) < 4.78 is 79.8. The molecule has 10 nitrogen and oxygen atoms in total. The Morgan fingerprint density at radius 3 is 2.18 bits per heavy atom. The van der Waals surface area contributed by atoms with Crippen molar-refractivity contribution in [3.63, 3.8) is 0 Å². The van der Waals surface area contributed by atoms with Crippen LogP contribution in [-0.2, 0) is 35.0 Å². The topological polar surface area (TPSA) is 135 Å². The predicted octanol–water partition coefficient (Wildman–Crippen LogP) is 3.47. The summed E-state index contributed by atoms with van der Waals surface area (Å²) in [6.45, 7) is -0.340. The lowest BCUT2D eigenvalue weighted by atomic mass is 9.99. The van der Waals surface area contributed by atoms with Crippen molar-refractivity contribution in [1.82, 2.24) is 25.3 Å². The summed E-state index contributed by atoms with van der Waals surface area (Å²) in [5, 5.41) is 12.3. The molecule has 238 valence electrons. The largest absolute Gasteiger partial charge is 0.416 e. The summed E-state index contributed by atoms with van der Waals surface area (Å²) in [4.78, 5) is 44.2. The van der Waals surface area contributed by atoms with Crippen LogP contribution in [0, 0.1) is 5.41 Å². The molecule has 0 radical (unpaired) electrons. The van der Waals surface area contributed by atoms with Gasteiger partial charge in [-0.25, -0.2) is 4.79 Å². The van der Waals surface area contributed by atoms with Gasteiger partial charge in [-0.05, 0) is 42.2 Å². The van der Waals surface area contributed by atoms with Gasteiger partial charge in [0.15, 0.2) is 5.96 Å². The van der Waals surface area contributed by atoms with Gasteiger partial charge in [0, 0.05) is 32.6 Å². The molecule has 2 aliphatic rings. The minimum atomic E-state index is -5.04. The van der Waals surface area contributed by atoms with E-state index in [2.05, 4.69) is 10.6 Å². The fraction of sp³-hybridized carbons (Fsp3) is 0.429. The van der Waals surface area contributed by atoms with Gasteiger partial charge in [-0.3, -0.25) is 15.0 Å². The molecule has 2 atom stereocenters. The summed E-state index contributed by atoms with van der Waals surface area (Å²) in [6.07, 6.45) is -10.6. The van der Waals surface area contributed by atoms with Gasteiger partial charge in [-0.15, -0.1) is 0 Å². The van der Waals surface area contributed by atoms with Gasteiger partial charge in [0.2, 0.25) is 11.8 Å². The van der Waals surface area contributed by atoms with Crippen molar-refractivity contribution >= 4 is 23.8 Å². The Labute approximate surface area is 248 Å². The van der Waals surface area contributed by atoms with Crippen LogP contribution in [0.3, 0.4) is 0 Å². The lowest BCUT2D eigenvalue weighted by Gasteiger charge is -2.52. The van der Waals surface area contributed by atoms with Crippen molar-refractivity contribution in [3.8, 4) is 0 Å². The van der Waals surface area contributed by atoms with E-state index in [0.29, 0.717) is 18.6 Å². The van der Waals surface area contributed by atoms with Gasteiger partial charge in [0.05, 0.1) is 17.7 Å². The summed E-state index contributed by atoms with van der Waals surface area (Å²) in [6, 6.07) is 8.33. The Kier molecular flexibility index (Phi) is 9.59. The van der Waals surface area contributed by atoms with E-state index >= 15 is 0 Å². The Morgan fingerprint density at radius 1 is 0.955 bits per heavy atom. The number of carbonyl (C=O) groups excluding carboxylic acids is 3. The van der Waals surface area contributed by atoms with Gasteiger partial charge in [-0.1, -0.05) is 30.3 Å². The first-order valence-corrected chi connectivity index (χ1v) is 13.7. The molecule has 4 amide bonds. The number of rotatable bonds is 8. The number of halogens is 6. The zero-order valence-electron chi connectivity index (χ0n) is 23.3. The van der Waals surface area contributed by atoms with Crippen molar-refractivity contribution in [2.24, 2.45) is 5.73 Å². The molecule has 2 aliphatic heterocycles. The average Bonchev–Trinajstić information content (AvgIpc) is 2.95. The van der Waals surface area contributed by atoms with Crippen LogP contribution in [0.25, 0.3) is 0 Å². The van der Waals surface area contributed by atoms with Gasteiger partial charge in [-0.2, -0.15) is 26.3 Å². The highest BCUT2D eigenvalue weighted by atomic mass is 19.4. The van der Waals surface area contributed by atoms with Crippen LogP contribution in [0.15, 0.2) is 48.5 Å². The molecular formula is C28H31F6N7O3. The molecule has 4 rings (SSSR count). The minimum absolute atomic E-state index is 0.00584. The predicted molar refractivity (Wildman–Crippen MR) is 145 cm³/mol. The highest BCUT2D eigenvalue weighted by Crippen LogP contribution is 2.36. The zero-order chi connectivity index (χ0) is 32.2. The number of hydrogen-bond donors (Lipinski definition) is 4. The quantitative estimate of drug-likeness (QED) is 0.154. The number of benzene rings is 2. The standard InChI is InChI=1S/C28H31F6N7O3/c29-27(30,31)19-11-18(12-20(13-19)28(32,33)34)14-38-26(44)40-10-8-23(42)41-21(7-4-9-37-25(35)36)24(43)39(16-22(40)41)15-17-5-2-1-3-6-17/h1-3,5-6,11-13,21-22H,4,7-10,14-16H2,(H,38,44)(H4,35,36,37)/t21-,22?/m0/s1. The number of amides is 4. The Balaban J connectivity index is 1.57. The van der Waals surface area contributed by atoms with Crippen molar-refractivity contribution in [2.75, 3.05) is 19.6 Å². The third-order valence-electron chi connectivity index (χ3n) is 7.39. The van der Waals surface area contributed by atoms with Gasteiger partial charge >= 0.3 is 18.4 Å². The van der Waals surface area contributed by atoms with Crippen LogP contribution in [0.1, 0.15) is 41.5 Å². The molecular weight excluding hydrogens is 596 g/mol. The Hall–Kier alpha value is -4.50. The fourth-order valence-electron chi connectivity index (χ4n) is 5.36. The lowest BCUT2D eigenvalue weighted by Crippen LogP contribution is -2.71. The van der Waals surface area contributed by atoms with E-state index in [1.165, 1.54) is 14.7 Å². The molecule has 0 aliphatic carbocycles. The monoisotopic (exact) mass is 627 g/mol. The normalized spacial score (nSPS) is 19.1. The number of fused-ring (bicyclic) bond motifs is 1. The molecule has 44 heavy (non-hydrogen) atoms. The first-order valence-electron chi connectivity index (χ1n) is 13.7. The van der Waals surface area contributed by atoms with Crippen LogP contribution in [0.5, 0.6) is 0 Å². The number of hydrogen-bond acceptors (Lipinski definition) is 4. The number of nitrogens with zero attached hydrogens (tertiary/aromatic N) is 3. The number of nitrogens with one attached hydrogen (secondary N) is 3. The number of guanidine groups is 1. The lowest BCUT2D eigenvalue weighted by molar-refractivity contribution is -0.167. The second kappa shape index (κ2) is 13.0. The maximum Gasteiger partial charge on any atom is 0.416 e. The highest BCUT2D eigenvalue weighted by molar-refractivity contribution is 5.91. The molecule has 0 bridgehead atoms. The van der Waals surface area contributed by atoms with Crippen molar-refractivity contribution in [3.05, 3.63) is 70.8 Å². The van der Waals surface area contributed by atoms with Crippen LogP contribution < -0.4 is 16.4 Å². The van der Waals surface area contributed by atoms with E-state index in [1.807, 2.05) is 18.2 Å². The first kappa shape index (κ1) is 32.4. The first-order chi connectivity index (χ1) is 20.6. The molecule has 1 unspecified atom stereocenters. The third-order valence-corrected chi connectivity index (χ3v) is 7.39. The van der Waals surface area contributed by atoms with Crippen LogP contribution in [0.2, 0.25) is 0 Å². The molecule has 2 saturated heterocycles. The Morgan fingerprint density at radius 2 is 1.59 bits per heavy atom. The number of carbonyl (C=O) groups is 3. The van der Waals surface area contributed by atoms with Gasteiger partial charge in [0.1, 0.15) is 12.2 Å². The molecule has 0 aromatic heterocycles. The molecule has 5 N–H and O–H groups in total. The summed E-state index contributed by atoms with van der Waals surface area (Å²) in [5.41, 5.74) is 2.71. The van der Waals surface area contributed by atoms with E-state index in [1.54, 1.807) is 12.1 Å². The smallest absolute Gasteiger partial charge is 0.370 e. The number of alkyl halides is 6. The maximum atomic E-state index is 13.6. The second-order valence-corrected chi connectivity index (χ2v) is 10.5. The molecule has 2 fully saturated rings. The van der Waals surface area contributed by atoms with Crippen molar-refractivity contribution in [2.45, 2.75) is 56.9 Å². The van der Waals surface area contributed by atoms with Crippen molar-refractivity contribution < 1.29 is 40.7 Å². The fourth-order valence-corrected chi connectivity index (χ4v) is 5.36. The van der Waals surface area contributed by atoms with Gasteiger partial charge in [0.25, 0.3) is 0 Å². The molecule has 16 heteroatoms. The highest BCUT2D eigenvalue weighted by Gasteiger charge is 2.48. The molecule has 0 saturated carbocycles. The number of piperazine rings is 1. The third kappa shape index (κ3) is 7.71. The number of urea groups is 1. The van der Waals surface area contributed by atoms with E-state index in [9.17, 15) is 40.7 Å². The zero-order valence-corrected chi connectivity index (χ0v) is 23.3. The van der Waals surface area contributed by atoms with Crippen LogP contribution in [-0.4, -0.2) is 70.3 Å². The van der Waals surface area contributed by atoms with Crippen LogP contribution >= 0.6 is 0 Å². The van der Waals surface area contributed by atoms with Crippen molar-refractivity contribution in [1.29, 1.82) is 5.41 Å². The summed E-state index contributed by atoms with van der Waals surface area (Å²) in [5.74, 6) is -0.972. The molecule has 2 aromatic rings. The number of nitrogens with two attached hydrogens (primary N) is 1. The van der Waals surface area contributed by atoms with E-state index in [-0.39, 0.29) is 62.9 Å². The van der Waals surface area contributed by atoms with E-state index < -0.39 is 53.8 Å². The maximum absolute atomic E-state index is 13.6. The van der Waals surface area contributed by atoms with E-state index in [4.69, 9.17) is 11.1 Å². The van der Waals surface area contributed by atoms with Crippen LogP contribution in [0.4, 0.5) is 31.1 Å². The molecule has 2 heterocycles. The minimum Gasteiger partial charge on any atom is -0.370 e. The molecule has 0 spiro atoms. The Bertz CT molecular complexity index is 1350. The molecule has 2 aromatic carbocycles. The van der Waals surface area contributed by atoms with E-state index in [0.717, 1.165) is 5.56 Å². The summed E-state index contributed by atoms with van der Waals surface area (Å²) >= 11 is 0. The average molecular weight is 628 g/mol. The SMILES string of the molecule is N=C(N)NCCC[C@H]1C(=O)N(Cc2ccccc2)CC2N(C(=O)NCc3cc(C(F)(F)F)cc(C(F)(F)F)c3)CCC(=O)N21. The second-order valence-electron chi connectivity index (χ2n) is 10.5. The summed E-state index contributed by atoms with van der Waals surface area (Å²) in [7, 11) is 0. The van der Waals surface area contributed by atoms with Gasteiger partial charge < -0.3 is 31.1 Å².